The maximum Gasteiger partial charge on any atom is 0.295 e. The van der Waals surface area contributed by atoms with E-state index < -0.39 is 0 Å². The van der Waals surface area contributed by atoms with Crippen molar-refractivity contribution in [1.29, 1.82) is 0 Å². The fourth-order valence-electron chi connectivity index (χ4n) is 4.31. The standard InChI is InChI=1S/C28H17N5O3S/c34-24-15-25(35)33(20-7-3-6-19(13-20)27-31-28(37)36-32-27)23-14-18(11-10-17-5-4-12-29-16-17)21-8-1-2-9-22(21)26(23)30-24/h1-9,12-14,16H,15H2,(H,30,34)(H,31,32,37). The predicted molar refractivity (Wildman–Crippen MR) is 142 cm³/mol. The summed E-state index contributed by atoms with van der Waals surface area (Å²) in [6.07, 6.45) is 3.07. The number of amides is 2. The maximum absolute atomic E-state index is 13.4. The number of hydrogen-bond donors (Lipinski definition) is 2. The summed E-state index contributed by atoms with van der Waals surface area (Å²) in [4.78, 5) is 34.8. The van der Waals surface area contributed by atoms with Gasteiger partial charge in [-0.05, 0) is 47.9 Å². The number of carbonyl (C=O) groups excluding carboxylic acids is 2. The Morgan fingerprint density at radius 1 is 0.973 bits per heavy atom. The summed E-state index contributed by atoms with van der Waals surface area (Å²) in [7, 11) is 0. The van der Waals surface area contributed by atoms with Crippen molar-refractivity contribution in [3.63, 3.8) is 0 Å². The Labute approximate surface area is 215 Å². The summed E-state index contributed by atoms with van der Waals surface area (Å²) in [5.41, 5.74) is 3.78. The molecule has 0 bridgehead atoms. The van der Waals surface area contributed by atoms with Crippen LogP contribution in [0.2, 0.25) is 0 Å². The zero-order valence-electron chi connectivity index (χ0n) is 19.2. The van der Waals surface area contributed by atoms with E-state index >= 15 is 0 Å². The van der Waals surface area contributed by atoms with Crippen LogP contribution in [0.3, 0.4) is 0 Å². The lowest BCUT2D eigenvalue weighted by atomic mass is 10.00. The number of nitrogens with zero attached hydrogens (tertiary/aromatic N) is 3. The van der Waals surface area contributed by atoms with E-state index in [1.54, 1.807) is 30.6 Å². The van der Waals surface area contributed by atoms with Crippen molar-refractivity contribution >= 4 is 51.9 Å². The minimum absolute atomic E-state index is 0.148. The molecule has 37 heavy (non-hydrogen) atoms. The smallest absolute Gasteiger partial charge is 0.295 e. The third-order valence-electron chi connectivity index (χ3n) is 5.91. The van der Waals surface area contributed by atoms with Crippen LogP contribution < -0.4 is 10.2 Å². The lowest BCUT2D eigenvalue weighted by molar-refractivity contribution is -0.124. The molecule has 0 saturated carbocycles. The van der Waals surface area contributed by atoms with Crippen LogP contribution in [0.4, 0.5) is 17.1 Å². The molecule has 0 aliphatic carbocycles. The molecule has 0 unspecified atom stereocenters. The first-order valence-corrected chi connectivity index (χ1v) is 11.7. The van der Waals surface area contributed by atoms with Gasteiger partial charge in [-0.15, -0.1) is 0 Å². The molecule has 2 aromatic heterocycles. The number of rotatable bonds is 2. The Morgan fingerprint density at radius 3 is 2.62 bits per heavy atom. The molecule has 1 aliphatic rings. The van der Waals surface area contributed by atoms with Gasteiger partial charge in [0.2, 0.25) is 11.8 Å². The van der Waals surface area contributed by atoms with Gasteiger partial charge < -0.3 is 9.84 Å². The summed E-state index contributed by atoms with van der Waals surface area (Å²) < 4.78 is 5.00. The second-order valence-corrected chi connectivity index (χ2v) is 8.67. The molecule has 9 heteroatoms. The minimum Gasteiger partial charge on any atom is -0.324 e. The van der Waals surface area contributed by atoms with Gasteiger partial charge in [0.1, 0.15) is 6.42 Å². The molecular weight excluding hydrogens is 486 g/mol. The van der Waals surface area contributed by atoms with Crippen molar-refractivity contribution in [3.8, 4) is 23.2 Å². The lowest BCUT2D eigenvalue weighted by Crippen LogP contribution is -2.26. The molecular formula is C28H17N5O3S. The Balaban J connectivity index is 1.57. The molecule has 0 fully saturated rings. The summed E-state index contributed by atoms with van der Waals surface area (Å²) in [6.45, 7) is 0. The predicted octanol–water partition coefficient (Wildman–Crippen LogP) is 5.35. The summed E-state index contributed by atoms with van der Waals surface area (Å²) >= 11 is 5.00. The number of pyridine rings is 1. The molecule has 2 amide bonds. The lowest BCUT2D eigenvalue weighted by Gasteiger charge is -2.24. The van der Waals surface area contributed by atoms with Crippen LogP contribution in [0.1, 0.15) is 17.5 Å². The average molecular weight is 504 g/mol. The highest BCUT2D eigenvalue weighted by Crippen LogP contribution is 2.42. The maximum atomic E-state index is 13.4. The fourth-order valence-corrected chi connectivity index (χ4v) is 4.45. The number of anilines is 3. The SMILES string of the molecule is O=C1CC(=O)N(c2cccc(-c3noc(=S)[nH]3)c2)c2cc(C#Cc3cccnc3)c3ccccc3c2N1. The van der Waals surface area contributed by atoms with Crippen LogP contribution in [0, 0.1) is 16.7 Å². The molecule has 0 atom stereocenters. The number of nitrogens with one attached hydrogen (secondary N) is 2. The Morgan fingerprint density at radius 2 is 1.84 bits per heavy atom. The van der Waals surface area contributed by atoms with Crippen LogP contribution in [-0.4, -0.2) is 26.9 Å². The monoisotopic (exact) mass is 503 g/mol. The largest absolute Gasteiger partial charge is 0.324 e. The molecule has 3 heterocycles. The van der Waals surface area contributed by atoms with E-state index in [0.29, 0.717) is 34.0 Å². The van der Waals surface area contributed by atoms with Crippen molar-refractivity contribution in [2.45, 2.75) is 6.42 Å². The highest BCUT2D eigenvalue weighted by Gasteiger charge is 2.30. The van der Waals surface area contributed by atoms with Gasteiger partial charge in [0.05, 0.1) is 11.4 Å². The number of aromatic amines is 1. The third kappa shape index (κ3) is 4.26. The molecule has 0 radical (unpaired) electrons. The summed E-state index contributed by atoms with van der Waals surface area (Å²) in [6, 6.07) is 20.4. The van der Waals surface area contributed by atoms with Crippen molar-refractivity contribution in [2.75, 3.05) is 10.2 Å². The second-order valence-electron chi connectivity index (χ2n) is 8.30. The van der Waals surface area contributed by atoms with Crippen LogP contribution in [0.25, 0.3) is 22.2 Å². The topological polar surface area (TPSA) is 104 Å². The first-order chi connectivity index (χ1) is 18.1. The number of fused-ring (bicyclic) bond motifs is 3. The van der Waals surface area contributed by atoms with Crippen molar-refractivity contribution in [1.82, 2.24) is 15.1 Å². The summed E-state index contributed by atoms with van der Waals surface area (Å²) in [5, 5.41) is 8.52. The van der Waals surface area contributed by atoms with Crippen LogP contribution in [0.5, 0.6) is 0 Å². The number of aromatic nitrogens is 3. The third-order valence-corrected chi connectivity index (χ3v) is 6.09. The fraction of sp³-hybridized carbons (Fsp3) is 0.0357. The number of hydrogen-bond acceptors (Lipinski definition) is 6. The highest BCUT2D eigenvalue weighted by atomic mass is 32.1. The Kier molecular flexibility index (Phi) is 5.56. The van der Waals surface area contributed by atoms with Crippen LogP contribution in [0.15, 0.2) is 83.6 Å². The molecule has 8 nitrogen and oxygen atoms in total. The zero-order chi connectivity index (χ0) is 25.4. The quantitative estimate of drug-likeness (QED) is 0.191. The Bertz CT molecular complexity index is 1810. The number of H-pyrrole nitrogens is 1. The van der Waals surface area contributed by atoms with Gasteiger partial charge in [0.15, 0.2) is 5.82 Å². The van der Waals surface area contributed by atoms with Crippen molar-refractivity contribution in [3.05, 3.63) is 95.1 Å². The van der Waals surface area contributed by atoms with Gasteiger partial charge in [0.25, 0.3) is 4.84 Å². The van der Waals surface area contributed by atoms with Crippen molar-refractivity contribution in [2.24, 2.45) is 0 Å². The second kappa shape index (κ2) is 9.18. The van der Waals surface area contributed by atoms with E-state index in [9.17, 15) is 9.59 Å². The van der Waals surface area contributed by atoms with Gasteiger partial charge in [-0.25, -0.2) is 0 Å². The van der Waals surface area contributed by atoms with Gasteiger partial charge in [0, 0.05) is 40.2 Å². The molecule has 2 N–H and O–H groups in total. The van der Waals surface area contributed by atoms with E-state index in [2.05, 4.69) is 32.3 Å². The van der Waals surface area contributed by atoms with Crippen LogP contribution >= 0.6 is 12.2 Å². The average Bonchev–Trinajstić information content (AvgIpc) is 3.30. The van der Waals surface area contributed by atoms with Gasteiger partial charge in [-0.2, -0.15) is 0 Å². The molecule has 5 aromatic rings. The normalized spacial score (nSPS) is 12.9. The molecule has 1 aliphatic heterocycles. The van der Waals surface area contributed by atoms with Gasteiger partial charge in [-0.1, -0.05) is 53.4 Å². The van der Waals surface area contributed by atoms with Crippen LogP contribution in [-0.2, 0) is 9.59 Å². The van der Waals surface area contributed by atoms with Crippen molar-refractivity contribution < 1.29 is 14.1 Å². The van der Waals surface area contributed by atoms with E-state index in [4.69, 9.17) is 16.7 Å². The first-order valence-electron chi connectivity index (χ1n) is 11.3. The molecule has 6 rings (SSSR count). The summed E-state index contributed by atoms with van der Waals surface area (Å²) in [5.74, 6) is 6.06. The molecule has 0 saturated heterocycles. The minimum atomic E-state index is -0.384. The zero-order valence-corrected chi connectivity index (χ0v) is 20.0. The van der Waals surface area contributed by atoms with E-state index in [0.717, 1.165) is 16.3 Å². The highest BCUT2D eigenvalue weighted by molar-refractivity contribution is 7.71. The number of carbonyl (C=O) groups is 2. The Hall–Kier alpha value is -5.07. The van der Waals surface area contributed by atoms with E-state index in [1.807, 2.05) is 48.5 Å². The van der Waals surface area contributed by atoms with Gasteiger partial charge in [-0.3, -0.25) is 24.5 Å². The van der Waals surface area contributed by atoms with Gasteiger partial charge >= 0.3 is 0 Å². The van der Waals surface area contributed by atoms with E-state index in [-0.39, 0.29) is 23.1 Å². The number of benzene rings is 3. The van der Waals surface area contributed by atoms with E-state index in [1.165, 1.54) is 4.90 Å². The molecule has 178 valence electrons. The first kappa shape index (κ1) is 22.4. The molecule has 0 spiro atoms. The molecule has 3 aromatic carbocycles.